The Kier molecular flexibility index (Phi) is 4.41. The summed E-state index contributed by atoms with van der Waals surface area (Å²) in [4.78, 5) is 25.5. The van der Waals surface area contributed by atoms with E-state index in [-0.39, 0.29) is 18.4 Å². The fourth-order valence-corrected chi connectivity index (χ4v) is 5.84. The Balaban J connectivity index is 1.45. The Hall–Kier alpha value is -2.08. The molecule has 2 atom stereocenters. The minimum absolute atomic E-state index is 0.314. The molecule has 1 aromatic carbocycles. The molecule has 4 aliphatic carbocycles. The molecule has 0 spiro atoms. The molecular formula is C21H26O6. The van der Waals surface area contributed by atoms with Crippen molar-refractivity contribution in [3.8, 4) is 11.5 Å². The van der Waals surface area contributed by atoms with Gasteiger partial charge in [0.1, 0.15) is 11.5 Å². The molecule has 0 radical (unpaired) electrons. The van der Waals surface area contributed by atoms with Crippen molar-refractivity contribution in [2.24, 2.45) is 17.3 Å². The summed E-state index contributed by atoms with van der Waals surface area (Å²) in [5, 5.41) is 10.8. The number of hydrogen-bond acceptors (Lipinski definition) is 6. The van der Waals surface area contributed by atoms with Gasteiger partial charge in [0.25, 0.3) is 0 Å². The minimum Gasteiger partial charge on any atom is -0.497 e. The molecule has 4 saturated carbocycles. The molecule has 146 valence electrons. The van der Waals surface area contributed by atoms with E-state index < -0.39 is 11.0 Å². The molecule has 0 amide bonds. The van der Waals surface area contributed by atoms with Gasteiger partial charge in [0.15, 0.2) is 6.61 Å². The monoisotopic (exact) mass is 374 g/mol. The van der Waals surface area contributed by atoms with Crippen molar-refractivity contribution in [1.82, 2.24) is 0 Å². The third kappa shape index (κ3) is 3.20. The van der Waals surface area contributed by atoms with Gasteiger partial charge in [-0.25, -0.2) is 0 Å². The minimum atomic E-state index is -0.730. The van der Waals surface area contributed by atoms with Gasteiger partial charge in [-0.1, -0.05) is 0 Å². The first-order chi connectivity index (χ1) is 12.9. The Labute approximate surface area is 158 Å². The van der Waals surface area contributed by atoms with Crippen LogP contribution in [0.5, 0.6) is 11.5 Å². The van der Waals surface area contributed by atoms with Crippen LogP contribution in [0.4, 0.5) is 0 Å². The normalized spacial score (nSPS) is 33.6. The fourth-order valence-electron chi connectivity index (χ4n) is 5.84. The molecule has 0 heterocycles. The van der Waals surface area contributed by atoms with Crippen LogP contribution >= 0.6 is 0 Å². The lowest BCUT2D eigenvalue weighted by molar-refractivity contribution is -0.195. The number of benzene rings is 1. The summed E-state index contributed by atoms with van der Waals surface area (Å²) in [6.45, 7) is -0.322. The Morgan fingerprint density at radius 1 is 1.11 bits per heavy atom. The Bertz CT molecular complexity index is 756. The van der Waals surface area contributed by atoms with Crippen LogP contribution in [0.15, 0.2) is 18.2 Å². The topological polar surface area (TPSA) is 82.1 Å². The van der Waals surface area contributed by atoms with Gasteiger partial charge < -0.3 is 19.3 Å². The average molecular weight is 374 g/mol. The summed E-state index contributed by atoms with van der Waals surface area (Å²) >= 11 is 0. The first-order valence-corrected chi connectivity index (χ1v) is 9.51. The summed E-state index contributed by atoms with van der Waals surface area (Å²) in [5.41, 5.74) is -0.995. The van der Waals surface area contributed by atoms with Crippen molar-refractivity contribution in [3.05, 3.63) is 23.8 Å². The van der Waals surface area contributed by atoms with Crippen LogP contribution in [0.25, 0.3) is 0 Å². The first-order valence-electron chi connectivity index (χ1n) is 9.51. The van der Waals surface area contributed by atoms with Crippen LogP contribution in [-0.4, -0.2) is 43.3 Å². The SMILES string of the molecule is COc1ccc(C(=O)COC(=O)C23C[C@H]4C[C@@H](CC(O)(C4)C2)C3)c(OC)c1. The maximum Gasteiger partial charge on any atom is 0.312 e. The number of esters is 1. The van der Waals surface area contributed by atoms with E-state index >= 15 is 0 Å². The second-order valence-electron chi connectivity index (χ2n) is 8.53. The summed E-state index contributed by atoms with van der Waals surface area (Å²) in [5.74, 6) is 1.10. The number of methoxy groups -OCH3 is 2. The molecule has 4 aliphatic rings. The van der Waals surface area contributed by atoms with Gasteiger partial charge >= 0.3 is 5.97 Å². The van der Waals surface area contributed by atoms with Crippen molar-refractivity contribution < 1.29 is 28.9 Å². The van der Waals surface area contributed by atoms with Gasteiger partial charge in [-0.15, -0.1) is 0 Å². The zero-order chi connectivity index (χ0) is 19.2. The third-order valence-electron chi connectivity index (χ3n) is 6.51. The number of carbonyl (C=O) groups excluding carboxylic acids is 2. The number of aliphatic hydroxyl groups is 1. The molecule has 4 bridgehead atoms. The van der Waals surface area contributed by atoms with E-state index in [0.717, 1.165) is 32.1 Å². The zero-order valence-electron chi connectivity index (χ0n) is 15.8. The third-order valence-corrected chi connectivity index (χ3v) is 6.51. The van der Waals surface area contributed by atoms with E-state index in [0.29, 0.717) is 35.3 Å². The number of rotatable bonds is 6. The van der Waals surface area contributed by atoms with Crippen molar-refractivity contribution in [3.63, 3.8) is 0 Å². The first kappa shape index (κ1) is 18.3. The molecule has 0 aliphatic heterocycles. The van der Waals surface area contributed by atoms with Crippen molar-refractivity contribution in [2.75, 3.05) is 20.8 Å². The quantitative estimate of drug-likeness (QED) is 0.609. The van der Waals surface area contributed by atoms with E-state index in [1.54, 1.807) is 18.2 Å². The Morgan fingerprint density at radius 2 is 1.81 bits per heavy atom. The van der Waals surface area contributed by atoms with Crippen LogP contribution in [-0.2, 0) is 9.53 Å². The molecular weight excluding hydrogens is 348 g/mol. The van der Waals surface area contributed by atoms with Gasteiger partial charge in [0.05, 0.1) is 30.8 Å². The van der Waals surface area contributed by atoms with Crippen molar-refractivity contribution in [1.29, 1.82) is 0 Å². The molecule has 0 aromatic heterocycles. The maximum atomic E-state index is 12.9. The van der Waals surface area contributed by atoms with Gasteiger partial charge in [-0.3, -0.25) is 9.59 Å². The zero-order valence-corrected chi connectivity index (χ0v) is 15.8. The van der Waals surface area contributed by atoms with Crippen LogP contribution in [0, 0.1) is 17.3 Å². The van der Waals surface area contributed by atoms with Crippen LogP contribution in [0.2, 0.25) is 0 Å². The van der Waals surface area contributed by atoms with Crippen LogP contribution in [0.3, 0.4) is 0 Å². The summed E-state index contributed by atoms with van der Waals surface area (Å²) in [6, 6.07) is 4.91. The number of hydrogen-bond donors (Lipinski definition) is 1. The maximum absolute atomic E-state index is 12.9. The predicted molar refractivity (Wildman–Crippen MR) is 96.9 cm³/mol. The summed E-state index contributed by atoms with van der Waals surface area (Å²) in [6.07, 6.45) is 4.68. The number of carbonyl (C=O) groups is 2. The molecule has 5 rings (SSSR count). The largest absolute Gasteiger partial charge is 0.497 e. The van der Waals surface area contributed by atoms with Crippen LogP contribution in [0.1, 0.15) is 48.9 Å². The van der Waals surface area contributed by atoms with E-state index in [1.807, 2.05) is 0 Å². The lowest BCUT2D eigenvalue weighted by Crippen LogP contribution is -2.58. The number of Topliss-reactive ketones (excluding diaryl/α,β-unsaturated/α-hetero) is 1. The Morgan fingerprint density at radius 3 is 2.41 bits per heavy atom. The van der Waals surface area contributed by atoms with E-state index in [4.69, 9.17) is 14.2 Å². The fraction of sp³-hybridized carbons (Fsp3) is 0.619. The second-order valence-corrected chi connectivity index (χ2v) is 8.53. The molecule has 6 heteroatoms. The lowest BCUT2D eigenvalue weighted by Gasteiger charge is -2.58. The van der Waals surface area contributed by atoms with E-state index in [1.165, 1.54) is 14.2 Å². The van der Waals surface area contributed by atoms with Crippen molar-refractivity contribution in [2.45, 2.75) is 44.1 Å². The smallest absolute Gasteiger partial charge is 0.312 e. The van der Waals surface area contributed by atoms with E-state index in [2.05, 4.69) is 0 Å². The number of ketones is 1. The highest BCUT2D eigenvalue weighted by Gasteiger charge is 2.60. The van der Waals surface area contributed by atoms with Gasteiger partial charge in [-0.2, -0.15) is 0 Å². The number of ether oxygens (including phenoxy) is 3. The predicted octanol–water partition coefficient (Wildman–Crippen LogP) is 2.76. The highest BCUT2D eigenvalue weighted by molar-refractivity contribution is 6.00. The van der Waals surface area contributed by atoms with Gasteiger partial charge in [-0.05, 0) is 62.5 Å². The van der Waals surface area contributed by atoms with Gasteiger partial charge in [0, 0.05) is 6.07 Å². The van der Waals surface area contributed by atoms with Gasteiger partial charge in [0.2, 0.25) is 5.78 Å². The standard InChI is InChI=1S/C21H26O6/c1-25-15-3-4-16(18(6-15)26-2)17(22)11-27-19(23)20-7-13-5-14(8-20)10-21(24,9-13)12-20/h3-4,6,13-14,24H,5,7-12H2,1-2H3/t13-,14-,20?,21?/m1/s1. The van der Waals surface area contributed by atoms with Crippen molar-refractivity contribution >= 4 is 11.8 Å². The highest BCUT2D eigenvalue weighted by atomic mass is 16.5. The highest BCUT2D eigenvalue weighted by Crippen LogP contribution is 2.61. The molecule has 4 fully saturated rings. The molecule has 6 nitrogen and oxygen atoms in total. The van der Waals surface area contributed by atoms with Crippen LogP contribution < -0.4 is 9.47 Å². The van der Waals surface area contributed by atoms with E-state index in [9.17, 15) is 14.7 Å². The molecule has 27 heavy (non-hydrogen) atoms. The lowest BCUT2D eigenvalue weighted by atomic mass is 9.48. The average Bonchev–Trinajstić information content (AvgIpc) is 2.63. The molecule has 0 unspecified atom stereocenters. The molecule has 0 saturated heterocycles. The second kappa shape index (κ2) is 6.51. The molecule has 1 aromatic rings. The molecule has 1 N–H and O–H groups in total. The summed E-state index contributed by atoms with van der Waals surface area (Å²) in [7, 11) is 3.02. The summed E-state index contributed by atoms with van der Waals surface area (Å²) < 4.78 is 15.8.